The Bertz CT molecular complexity index is 787. The van der Waals surface area contributed by atoms with Crippen molar-refractivity contribution in [3.8, 4) is 5.75 Å². The van der Waals surface area contributed by atoms with Crippen molar-refractivity contribution in [3.05, 3.63) is 41.7 Å². The number of carbonyl (C=O) groups is 1. The van der Waals surface area contributed by atoms with Crippen LogP contribution in [-0.4, -0.2) is 35.3 Å². The van der Waals surface area contributed by atoms with Gasteiger partial charge in [0, 0.05) is 18.8 Å². The van der Waals surface area contributed by atoms with Crippen LogP contribution in [0, 0.1) is 5.92 Å². The van der Waals surface area contributed by atoms with Crippen LogP contribution in [0.1, 0.15) is 22.5 Å². The van der Waals surface area contributed by atoms with Gasteiger partial charge < -0.3 is 21.5 Å². The van der Waals surface area contributed by atoms with Gasteiger partial charge in [-0.15, -0.1) is 24.0 Å². The zero-order chi connectivity index (χ0) is 17.8. The van der Waals surface area contributed by atoms with Crippen LogP contribution in [0.3, 0.4) is 0 Å². The monoisotopic (exact) mass is 470 g/mol. The number of anilines is 1. The van der Waals surface area contributed by atoms with E-state index in [0.29, 0.717) is 24.0 Å². The Kier molecular flexibility index (Phi) is 6.83. The Morgan fingerprint density at radius 2 is 2.12 bits per heavy atom. The molecule has 1 amide bonds. The second-order valence-electron chi connectivity index (χ2n) is 6.03. The SMILES string of the molecule is COc1ccc(NC(N)=NCC2CCn3ncc(C(N)=O)c3C2)cc1.I. The Labute approximate surface area is 169 Å². The number of hydrogen-bond donors (Lipinski definition) is 3. The number of nitrogens with one attached hydrogen (secondary N) is 1. The van der Waals surface area contributed by atoms with E-state index in [9.17, 15) is 4.79 Å². The molecule has 0 saturated heterocycles. The van der Waals surface area contributed by atoms with Crippen molar-refractivity contribution in [2.45, 2.75) is 19.4 Å². The van der Waals surface area contributed by atoms with Gasteiger partial charge in [0.15, 0.2) is 5.96 Å². The summed E-state index contributed by atoms with van der Waals surface area (Å²) >= 11 is 0. The molecule has 0 bridgehead atoms. The molecule has 1 aromatic heterocycles. The number of nitrogens with two attached hydrogens (primary N) is 2. The molecule has 0 saturated carbocycles. The van der Waals surface area contributed by atoms with Gasteiger partial charge in [0.2, 0.25) is 0 Å². The molecule has 140 valence electrons. The van der Waals surface area contributed by atoms with Gasteiger partial charge in [-0.1, -0.05) is 0 Å². The lowest BCUT2D eigenvalue weighted by Crippen LogP contribution is -2.27. The number of hydrogen-bond acceptors (Lipinski definition) is 4. The topological polar surface area (TPSA) is 121 Å². The average molecular weight is 470 g/mol. The second kappa shape index (κ2) is 8.88. The highest BCUT2D eigenvalue weighted by molar-refractivity contribution is 14.0. The quantitative estimate of drug-likeness (QED) is 0.348. The first-order valence-corrected chi connectivity index (χ1v) is 8.12. The summed E-state index contributed by atoms with van der Waals surface area (Å²) in [6.07, 6.45) is 3.20. The van der Waals surface area contributed by atoms with E-state index in [2.05, 4.69) is 15.4 Å². The van der Waals surface area contributed by atoms with Crippen LogP contribution >= 0.6 is 24.0 Å². The van der Waals surface area contributed by atoms with E-state index < -0.39 is 5.91 Å². The summed E-state index contributed by atoms with van der Waals surface area (Å²) in [5.74, 6) is 1.01. The number of guanidine groups is 1. The molecule has 26 heavy (non-hydrogen) atoms. The maximum absolute atomic E-state index is 11.5. The standard InChI is InChI=1S/C17H22N6O2.HI/c1-25-13-4-2-12(3-5-13)22-17(19)20-9-11-6-7-23-15(8-11)14(10-21-23)16(18)24;/h2-5,10-11H,6-9H2,1H3,(H2,18,24)(H3,19,20,22);1H. The number of nitrogens with zero attached hydrogens (tertiary/aromatic N) is 3. The van der Waals surface area contributed by atoms with Crippen LogP contribution in [0.25, 0.3) is 0 Å². The number of rotatable bonds is 5. The molecular formula is C17H23IN6O2. The van der Waals surface area contributed by atoms with Crippen LogP contribution < -0.4 is 21.5 Å². The minimum absolute atomic E-state index is 0. The summed E-state index contributed by atoms with van der Waals surface area (Å²) in [6.45, 7) is 1.34. The van der Waals surface area contributed by atoms with Gasteiger partial charge in [0.1, 0.15) is 5.75 Å². The first kappa shape index (κ1) is 20.0. The number of aliphatic imine (C=N–C) groups is 1. The van der Waals surface area contributed by atoms with E-state index in [4.69, 9.17) is 16.2 Å². The first-order chi connectivity index (χ1) is 12.1. The van der Waals surface area contributed by atoms with E-state index >= 15 is 0 Å². The number of methoxy groups -OCH3 is 1. The number of halogens is 1. The van der Waals surface area contributed by atoms with Gasteiger partial charge in [-0.2, -0.15) is 5.10 Å². The zero-order valence-electron chi connectivity index (χ0n) is 14.5. The van der Waals surface area contributed by atoms with E-state index in [1.165, 1.54) is 0 Å². The maximum Gasteiger partial charge on any atom is 0.252 e. The molecule has 5 N–H and O–H groups in total. The minimum Gasteiger partial charge on any atom is -0.497 e. The number of aromatic nitrogens is 2. The molecule has 0 aliphatic carbocycles. The van der Waals surface area contributed by atoms with Crippen molar-refractivity contribution in [2.24, 2.45) is 22.4 Å². The third kappa shape index (κ3) is 4.65. The van der Waals surface area contributed by atoms with Crippen LogP contribution in [0.15, 0.2) is 35.5 Å². The van der Waals surface area contributed by atoms with Gasteiger partial charge in [-0.25, -0.2) is 0 Å². The molecule has 1 atom stereocenters. The van der Waals surface area contributed by atoms with Gasteiger partial charge in [0.25, 0.3) is 5.91 Å². The smallest absolute Gasteiger partial charge is 0.252 e. The van der Waals surface area contributed by atoms with Crippen molar-refractivity contribution < 1.29 is 9.53 Å². The lowest BCUT2D eigenvalue weighted by atomic mass is 9.94. The lowest BCUT2D eigenvalue weighted by Gasteiger charge is -2.22. The molecule has 2 aromatic rings. The van der Waals surface area contributed by atoms with Crippen molar-refractivity contribution in [1.29, 1.82) is 0 Å². The fourth-order valence-electron chi connectivity index (χ4n) is 2.95. The number of benzene rings is 1. The molecular weight excluding hydrogens is 447 g/mol. The van der Waals surface area contributed by atoms with E-state index in [-0.39, 0.29) is 24.0 Å². The number of amides is 1. The number of aryl methyl sites for hydroxylation is 1. The van der Waals surface area contributed by atoms with Crippen molar-refractivity contribution >= 4 is 41.5 Å². The molecule has 0 spiro atoms. The summed E-state index contributed by atoms with van der Waals surface area (Å²) in [7, 11) is 1.62. The number of fused-ring (bicyclic) bond motifs is 1. The molecule has 9 heteroatoms. The van der Waals surface area contributed by atoms with Gasteiger partial charge in [0.05, 0.1) is 24.6 Å². The Morgan fingerprint density at radius 1 is 1.38 bits per heavy atom. The summed E-state index contributed by atoms with van der Waals surface area (Å²) in [6, 6.07) is 7.45. The summed E-state index contributed by atoms with van der Waals surface area (Å²) in [4.78, 5) is 15.9. The fraction of sp³-hybridized carbons (Fsp3) is 0.353. The van der Waals surface area contributed by atoms with E-state index in [0.717, 1.165) is 36.5 Å². The molecule has 2 heterocycles. The predicted octanol–water partition coefficient (Wildman–Crippen LogP) is 1.60. The van der Waals surface area contributed by atoms with Crippen LogP contribution in [0.5, 0.6) is 5.75 Å². The maximum atomic E-state index is 11.5. The van der Waals surface area contributed by atoms with E-state index in [1.54, 1.807) is 13.3 Å². The summed E-state index contributed by atoms with van der Waals surface area (Å²) < 4.78 is 6.97. The number of ether oxygens (including phenoxy) is 1. The molecule has 3 rings (SSSR count). The molecule has 8 nitrogen and oxygen atoms in total. The fourth-order valence-corrected chi connectivity index (χ4v) is 2.95. The largest absolute Gasteiger partial charge is 0.497 e. The van der Waals surface area contributed by atoms with Crippen LogP contribution in [0.4, 0.5) is 5.69 Å². The third-order valence-electron chi connectivity index (χ3n) is 4.33. The molecule has 1 unspecified atom stereocenters. The lowest BCUT2D eigenvalue weighted by molar-refractivity contribution is 0.0998. The highest BCUT2D eigenvalue weighted by Gasteiger charge is 2.24. The Hall–Kier alpha value is -2.30. The molecule has 1 aliphatic rings. The molecule has 0 radical (unpaired) electrons. The van der Waals surface area contributed by atoms with E-state index in [1.807, 2.05) is 28.9 Å². The number of primary amides is 1. The number of carbonyl (C=O) groups excluding carboxylic acids is 1. The van der Waals surface area contributed by atoms with Gasteiger partial charge >= 0.3 is 0 Å². The van der Waals surface area contributed by atoms with Crippen molar-refractivity contribution in [1.82, 2.24) is 9.78 Å². The Morgan fingerprint density at radius 3 is 2.77 bits per heavy atom. The minimum atomic E-state index is -0.439. The summed E-state index contributed by atoms with van der Waals surface area (Å²) in [5, 5.41) is 7.27. The summed E-state index contributed by atoms with van der Waals surface area (Å²) in [5.41, 5.74) is 13.6. The van der Waals surface area contributed by atoms with Gasteiger partial charge in [-0.05, 0) is 43.0 Å². The molecule has 0 fully saturated rings. The predicted molar refractivity (Wildman–Crippen MR) is 111 cm³/mol. The van der Waals surface area contributed by atoms with Gasteiger partial charge in [-0.3, -0.25) is 14.5 Å². The van der Waals surface area contributed by atoms with Crippen molar-refractivity contribution in [2.75, 3.05) is 19.0 Å². The average Bonchev–Trinajstić information content (AvgIpc) is 3.04. The third-order valence-corrected chi connectivity index (χ3v) is 4.33. The molecule has 1 aliphatic heterocycles. The van der Waals surface area contributed by atoms with Crippen LogP contribution in [-0.2, 0) is 13.0 Å². The zero-order valence-corrected chi connectivity index (χ0v) is 16.8. The first-order valence-electron chi connectivity index (χ1n) is 8.12. The van der Waals surface area contributed by atoms with Crippen molar-refractivity contribution in [3.63, 3.8) is 0 Å². The highest BCUT2D eigenvalue weighted by atomic mass is 127. The Balaban J connectivity index is 0.00000243. The second-order valence-corrected chi connectivity index (χ2v) is 6.03. The molecule has 1 aromatic carbocycles. The van der Waals surface area contributed by atoms with Crippen LogP contribution in [0.2, 0.25) is 0 Å². The highest BCUT2D eigenvalue weighted by Crippen LogP contribution is 2.23. The normalized spacial score (nSPS) is 16.3.